The predicted molar refractivity (Wildman–Crippen MR) is 91.9 cm³/mol. The van der Waals surface area contributed by atoms with Crippen LogP contribution in [0.3, 0.4) is 0 Å². The molecule has 2 fully saturated rings. The van der Waals surface area contributed by atoms with Crippen molar-refractivity contribution in [2.75, 3.05) is 31.1 Å². The summed E-state index contributed by atoms with van der Waals surface area (Å²) in [4.78, 5) is 17.0. The molecule has 0 unspecified atom stereocenters. The van der Waals surface area contributed by atoms with Gasteiger partial charge < -0.3 is 9.32 Å². The molecule has 0 bridgehead atoms. The van der Waals surface area contributed by atoms with E-state index in [0.29, 0.717) is 29.5 Å². The standard InChI is InChI=1S/C17H26N2O4S/c1-11(2)8-18-5-6-19(16-10-24(21,22)9-15(16)18)17(20)14-7-12(3)23-13(14)4/h7,11,15-16H,5-6,8-10H2,1-4H3/t15-,16+/m1/s1. The van der Waals surface area contributed by atoms with E-state index in [4.69, 9.17) is 4.42 Å². The molecule has 24 heavy (non-hydrogen) atoms. The zero-order valence-corrected chi connectivity index (χ0v) is 15.6. The van der Waals surface area contributed by atoms with Crippen LogP contribution in [0.5, 0.6) is 0 Å². The van der Waals surface area contributed by atoms with E-state index in [1.807, 2.05) is 6.92 Å². The fourth-order valence-electron chi connectivity index (χ4n) is 3.97. The Morgan fingerprint density at radius 2 is 1.92 bits per heavy atom. The number of nitrogens with zero attached hydrogens (tertiary/aromatic N) is 2. The molecule has 6 nitrogen and oxygen atoms in total. The Kier molecular flexibility index (Phi) is 4.51. The molecule has 0 radical (unpaired) electrons. The highest BCUT2D eigenvalue weighted by Crippen LogP contribution is 2.29. The van der Waals surface area contributed by atoms with Crippen molar-refractivity contribution >= 4 is 15.7 Å². The summed E-state index contributed by atoms with van der Waals surface area (Å²) in [5.41, 5.74) is 0.549. The number of carbonyl (C=O) groups excluding carboxylic acids is 1. The maximum atomic E-state index is 13.0. The van der Waals surface area contributed by atoms with Gasteiger partial charge in [-0.15, -0.1) is 0 Å². The third-order valence-corrected chi connectivity index (χ3v) is 6.62. The van der Waals surface area contributed by atoms with E-state index >= 15 is 0 Å². The second kappa shape index (κ2) is 6.19. The largest absolute Gasteiger partial charge is 0.466 e. The molecule has 1 aromatic rings. The highest BCUT2D eigenvalue weighted by molar-refractivity contribution is 7.91. The molecule has 3 rings (SSSR count). The van der Waals surface area contributed by atoms with Crippen molar-refractivity contribution in [3.8, 4) is 0 Å². The van der Waals surface area contributed by atoms with Crippen LogP contribution in [0.25, 0.3) is 0 Å². The first-order valence-electron chi connectivity index (χ1n) is 8.50. The third kappa shape index (κ3) is 3.24. The van der Waals surface area contributed by atoms with Crippen molar-refractivity contribution in [3.63, 3.8) is 0 Å². The van der Waals surface area contributed by atoms with Crippen molar-refractivity contribution in [1.29, 1.82) is 0 Å². The van der Waals surface area contributed by atoms with Crippen LogP contribution in [-0.4, -0.2) is 67.3 Å². The van der Waals surface area contributed by atoms with Gasteiger partial charge in [0.05, 0.1) is 23.1 Å². The first kappa shape index (κ1) is 17.5. The van der Waals surface area contributed by atoms with Gasteiger partial charge in [0.1, 0.15) is 11.5 Å². The molecule has 1 aromatic heterocycles. The zero-order chi connectivity index (χ0) is 17.6. The molecule has 2 atom stereocenters. The van der Waals surface area contributed by atoms with Crippen LogP contribution in [0.15, 0.2) is 10.5 Å². The van der Waals surface area contributed by atoms with Gasteiger partial charge >= 0.3 is 0 Å². The van der Waals surface area contributed by atoms with Gasteiger partial charge in [-0.1, -0.05) is 13.8 Å². The molecule has 7 heteroatoms. The van der Waals surface area contributed by atoms with Crippen LogP contribution in [0.4, 0.5) is 0 Å². The topological polar surface area (TPSA) is 70.8 Å². The van der Waals surface area contributed by atoms with E-state index in [1.54, 1.807) is 17.9 Å². The van der Waals surface area contributed by atoms with Gasteiger partial charge in [0, 0.05) is 25.7 Å². The number of furan rings is 1. The summed E-state index contributed by atoms with van der Waals surface area (Å²) in [5.74, 6) is 1.87. The van der Waals surface area contributed by atoms with Crippen LogP contribution in [0.2, 0.25) is 0 Å². The quantitative estimate of drug-likeness (QED) is 0.822. The fourth-order valence-corrected chi connectivity index (χ4v) is 5.98. The lowest BCUT2D eigenvalue weighted by molar-refractivity contribution is 0.0296. The summed E-state index contributed by atoms with van der Waals surface area (Å²) in [5, 5.41) is 0. The van der Waals surface area contributed by atoms with E-state index in [9.17, 15) is 13.2 Å². The van der Waals surface area contributed by atoms with Gasteiger partial charge in [0.2, 0.25) is 0 Å². The predicted octanol–water partition coefficient (Wildman–Crippen LogP) is 1.48. The number of fused-ring (bicyclic) bond motifs is 1. The summed E-state index contributed by atoms with van der Waals surface area (Å²) >= 11 is 0. The van der Waals surface area contributed by atoms with E-state index in [1.165, 1.54) is 0 Å². The Morgan fingerprint density at radius 1 is 1.25 bits per heavy atom. The minimum absolute atomic E-state index is 0.0634. The average molecular weight is 354 g/mol. The van der Waals surface area contributed by atoms with E-state index < -0.39 is 9.84 Å². The molecule has 0 aromatic carbocycles. The Morgan fingerprint density at radius 3 is 2.50 bits per heavy atom. The second-order valence-electron chi connectivity index (χ2n) is 7.43. The summed E-state index contributed by atoms with van der Waals surface area (Å²) < 4.78 is 29.9. The third-order valence-electron chi connectivity index (χ3n) is 4.92. The number of aryl methyl sites for hydroxylation is 2. The second-order valence-corrected chi connectivity index (χ2v) is 9.58. The number of hydrogen-bond donors (Lipinski definition) is 0. The van der Waals surface area contributed by atoms with Crippen molar-refractivity contribution in [1.82, 2.24) is 9.80 Å². The Labute approximate surface area is 143 Å². The zero-order valence-electron chi connectivity index (χ0n) is 14.8. The van der Waals surface area contributed by atoms with Crippen LogP contribution in [-0.2, 0) is 9.84 Å². The van der Waals surface area contributed by atoms with E-state index in [2.05, 4.69) is 18.7 Å². The molecule has 3 heterocycles. The molecule has 2 aliphatic heterocycles. The fraction of sp³-hybridized carbons (Fsp3) is 0.706. The average Bonchev–Trinajstić information content (AvgIpc) is 2.96. The van der Waals surface area contributed by atoms with Crippen molar-refractivity contribution < 1.29 is 17.6 Å². The molecule has 2 saturated heterocycles. The van der Waals surface area contributed by atoms with Crippen LogP contribution < -0.4 is 0 Å². The SMILES string of the molecule is Cc1cc(C(=O)N2CCN(CC(C)C)[C@@H]3CS(=O)(=O)C[C@@H]32)c(C)o1. The minimum Gasteiger partial charge on any atom is -0.466 e. The first-order valence-corrected chi connectivity index (χ1v) is 10.3. The monoisotopic (exact) mass is 354 g/mol. The van der Waals surface area contributed by atoms with Crippen LogP contribution in [0.1, 0.15) is 35.7 Å². The highest BCUT2D eigenvalue weighted by atomic mass is 32.2. The lowest BCUT2D eigenvalue weighted by Gasteiger charge is -2.44. The van der Waals surface area contributed by atoms with E-state index in [-0.39, 0.29) is 29.5 Å². The molecule has 0 saturated carbocycles. The Hall–Kier alpha value is -1.34. The summed E-state index contributed by atoms with van der Waals surface area (Å²) in [6, 6.07) is 1.39. The maximum absolute atomic E-state index is 13.0. The molecule has 0 N–H and O–H groups in total. The molecular weight excluding hydrogens is 328 g/mol. The normalized spacial score (nSPS) is 26.8. The first-order chi connectivity index (χ1) is 11.2. The van der Waals surface area contributed by atoms with Crippen molar-refractivity contribution in [2.45, 2.75) is 39.8 Å². The smallest absolute Gasteiger partial charge is 0.257 e. The Bertz CT molecular complexity index is 738. The number of hydrogen-bond acceptors (Lipinski definition) is 5. The number of rotatable bonds is 3. The molecule has 1 amide bonds. The molecular formula is C17H26N2O4S. The molecule has 0 spiro atoms. The number of piperazine rings is 1. The van der Waals surface area contributed by atoms with Crippen molar-refractivity contribution in [2.24, 2.45) is 5.92 Å². The van der Waals surface area contributed by atoms with Gasteiger partial charge in [0.25, 0.3) is 5.91 Å². The van der Waals surface area contributed by atoms with Gasteiger partial charge in [-0.25, -0.2) is 8.42 Å². The van der Waals surface area contributed by atoms with Crippen LogP contribution >= 0.6 is 0 Å². The van der Waals surface area contributed by atoms with Gasteiger partial charge in [-0.2, -0.15) is 0 Å². The molecule has 134 valence electrons. The summed E-state index contributed by atoms with van der Waals surface area (Å²) in [6.45, 7) is 10.00. The molecule has 2 aliphatic rings. The number of sulfone groups is 1. The minimum atomic E-state index is -3.11. The lowest BCUT2D eigenvalue weighted by atomic mass is 10.0. The highest BCUT2D eigenvalue weighted by Gasteiger charge is 2.48. The van der Waals surface area contributed by atoms with Gasteiger partial charge in [-0.05, 0) is 25.8 Å². The number of carbonyl (C=O) groups is 1. The molecule has 0 aliphatic carbocycles. The number of amides is 1. The maximum Gasteiger partial charge on any atom is 0.257 e. The van der Waals surface area contributed by atoms with Crippen LogP contribution in [0, 0.1) is 19.8 Å². The summed E-state index contributed by atoms with van der Waals surface area (Å²) in [6.07, 6.45) is 0. The van der Waals surface area contributed by atoms with E-state index in [0.717, 1.165) is 13.1 Å². The van der Waals surface area contributed by atoms with Crippen molar-refractivity contribution in [3.05, 3.63) is 23.2 Å². The van der Waals surface area contributed by atoms with Gasteiger partial charge in [-0.3, -0.25) is 9.69 Å². The Balaban J connectivity index is 1.88. The lowest BCUT2D eigenvalue weighted by Crippen LogP contribution is -2.61. The van der Waals surface area contributed by atoms with Gasteiger partial charge in [0.15, 0.2) is 9.84 Å². The summed E-state index contributed by atoms with van der Waals surface area (Å²) in [7, 11) is -3.11.